The number of carbonyl (C=O) groups is 1. The van der Waals surface area contributed by atoms with Gasteiger partial charge >= 0.3 is 0 Å². The number of halogens is 1. The number of hydrazone groups is 1. The van der Waals surface area contributed by atoms with Gasteiger partial charge in [0.2, 0.25) is 0 Å². The van der Waals surface area contributed by atoms with Crippen molar-refractivity contribution in [2.45, 2.75) is 0 Å². The fourth-order valence-corrected chi connectivity index (χ4v) is 2.97. The predicted octanol–water partition coefficient (Wildman–Crippen LogP) is 4.07. The highest BCUT2D eigenvalue weighted by molar-refractivity contribution is 9.10. The zero-order valence-corrected chi connectivity index (χ0v) is 16.1. The van der Waals surface area contributed by atoms with E-state index < -0.39 is 0 Å². The van der Waals surface area contributed by atoms with Crippen molar-refractivity contribution < 1.29 is 4.79 Å². The number of amides is 1. The summed E-state index contributed by atoms with van der Waals surface area (Å²) in [5, 5.41) is 4.09. The standard InChI is InChI=1S/C20H19BrN4O/c1-24(2)15-9-11-16(12-10-15)25-13-5-6-17(25)14-22-23-20(26)18-7-3-4-8-19(18)21/h3-14H,1-2H3,(H,23,26)/b22-14+. The molecule has 2 aromatic carbocycles. The molecule has 1 heterocycles. The first kappa shape index (κ1) is 17.9. The van der Waals surface area contributed by atoms with Crippen molar-refractivity contribution in [3.05, 3.63) is 82.6 Å². The Bertz CT molecular complexity index is 929. The minimum Gasteiger partial charge on any atom is -0.378 e. The average molecular weight is 411 g/mol. The Morgan fingerprint density at radius 1 is 1.08 bits per heavy atom. The maximum atomic E-state index is 12.2. The van der Waals surface area contributed by atoms with Gasteiger partial charge in [0, 0.05) is 36.1 Å². The van der Waals surface area contributed by atoms with Crippen LogP contribution in [-0.4, -0.2) is 30.8 Å². The van der Waals surface area contributed by atoms with Gasteiger partial charge in [-0.2, -0.15) is 5.10 Å². The maximum absolute atomic E-state index is 12.2. The Balaban J connectivity index is 1.73. The van der Waals surface area contributed by atoms with Gasteiger partial charge in [0.25, 0.3) is 5.91 Å². The van der Waals surface area contributed by atoms with Crippen LogP contribution in [-0.2, 0) is 0 Å². The summed E-state index contributed by atoms with van der Waals surface area (Å²) in [4.78, 5) is 14.2. The number of aromatic nitrogens is 1. The van der Waals surface area contributed by atoms with Crippen molar-refractivity contribution in [1.29, 1.82) is 0 Å². The molecule has 0 saturated heterocycles. The molecule has 0 bridgehead atoms. The molecule has 0 atom stereocenters. The molecule has 0 radical (unpaired) electrons. The number of hydrogen-bond donors (Lipinski definition) is 1. The van der Waals surface area contributed by atoms with E-state index in [1.807, 2.05) is 67.3 Å². The molecular weight excluding hydrogens is 392 g/mol. The third-order valence-corrected chi connectivity index (χ3v) is 4.60. The summed E-state index contributed by atoms with van der Waals surface area (Å²) >= 11 is 3.37. The van der Waals surface area contributed by atoms with E-state index in [1.54, 1.807) is 12.3 Å². The van der Waals surface area contributed by atoms with Crippen LogP contribution in [0, 0.1) is 0 Å². The summed E-state index contributed by atoms with van der Waals surface area (Å²) in [7, 11) is 4.02. The average Bonchev–Trinajstić information content (AvgIpc) is 3.10. The zero-order valence-electron chi connectivity index (χ0n) is 14.6. The molecular formula is C20H19BrN4O. The third kappa shape index (κ3) is 4.03. The van der Waals surface area contributed by atoms with Gasteiger partial charge < -0.3 is 9.47 Å². The van der Waals surface area contributed by atoms with Gasteiger partial charge in [0.1, 0.15) is 0 Å². The van der Waals surface area contributed by atoms with E-state index in [0.29, 0.717) is 5.56 Å². The lowest BCUT2D eigenvalue weighted by Crippen LogP contribution is -2.18. The van der Waals surface area contributed by atoms with Gasteiger partial charge in [-0.05, 0) is 64.5 Å². The number of nitrogens with one attached hydrogen (secondary N) is 1. The normalized spacial score (nSPS) is 10.9. The second-order valence-electron chi connectivity index (χ2n) is 5.89. The molecule has 0 spiro atoms. The molecule has 0 aliphatic rings. The summed E-state index contributed by atoms with van der Waals surface area (Å²) in [5.74, 6) is -0.262. The Labute approximate surface area is 161 Å². The van der Waals surface area contributed by atoms with Gasteiger partial charge in [-0.3, -0.25) is 4.79 Å². The summed E-state index contributed by atoms with van der Waals surface area (Å²) in [5.41, 5.74) is 6.14. The molecule has 1 N–H and O–H groups in total. The number of hydrogen-bond acceptors (Lipinski definition) is 3. The van der Waals surface area contributed by atoms with Gasteiger partial charge in [-0.15, -0.1) is 0 Å². The summed E-state index contributed by atoms with van der Waals surface area (Å²) in [6.45, 7) is 0. The first-order chi connectivity index (χ1) is 12.6. The molecule has 3 aromatic rings. The number of rotatable bonds is 5. The number of nitrogens with zero attached hydrogens (tertiary/aromatic N) is 3. The molecule has 5 nitrogen and oxygen atoms in total. The zero-order chi connectivity index (χ0) is 18.5. The third-order valence-electron chi connectivity index (χ3n) is 3.91. The van der Waals surface area contributed by atoms with Crippen LogP contribution in [0.25, 0.3) is 5.69 Å². The molecule has 0 aliphatic heterocycles. The van der Waals surface area contributed by atoms with Crippen molar-refractivity contribution in [2.24, 2.45) is 5.10 Å². The number of anilines is 1. The van der Waals surface area contributed by atoms with E-state index in [1.165, 1.54) is 0 Å². The van der Waals surface area contributed by atoms with Crippen LogP contribution in [0.1, 0.15) is 16.1 Å². The largest absolute Gasteiger partial charge is 0.378 e. The van der Waals surface area contributed by atoms with Crippen molar-refractivity contribution in [3.63, 3.8) is 0 Å². The molecule has 0 fully saturated rings. The van der Waals surface area contributed by atoms with E-state index in [-0.39, 0.29) is 5.91 Å². The summed E-state index contributed by atoms with van der Waals surface area (Å²) in [6, 6.07) is 19.3. The molecule has 0 aliphatic carbocycles. The second-order valence-corrected chi connectivity index (χ2v) is 6.75. The first-order valence-electron chi connectivity index (χ1n) is 8.09. The number of carbonyl (C=O) groups excluding carboxylic acids is 1. The highest BCUT2D eigenvalue weighted by atomic mass is 79.9. The Morgan fingerprint density at radius 2 is 1.81 bits per heavy atom. The molecule has 0 unspecified atom stereocenters. The van der Waals surface area contributed by atoms with Crippen LogP contribution in [0.2, 0.25) is 0 Å². The quantitative estimate of drug-likeness (QED) is 0.508. The smallest absolute Gasteiger partial charge is 0.272 e. The molecule has 6 heteroatoms. The lowest BCUT2D eigenvalue weighted by Gasteiger charge is -2.13. The van der Waals surface area contributed by atoms with Crippen LogP contribution in [0.4, 0.5) is 5.69 Å². The van der Waals surface area contributed by atoms with Crippen molar-refractivity contribution in [2.75, 3.05) is 19.0 Å². The summed E-state index contributed by atoms with van der Waals surface area (Å²) in [6.07, 6.45) is 3.59. The molecule has 132 valence electrons. The van der Waals surface area contributed by atoms with E-state index >= 15 is 0 Å². The maximum Gasteiger partial charge on any atom is 0.272 e. The SMILES string of the molecule is CN(C)c1ccc(-n2cccc2/C=N/NC(=O)c2ccccc2Br)cc1. The van der Waals surface area contributed by atoms with E-state index in [2.05, 4.69) is 43.5 Å². The van der Waals surface area contributed by atoms with Gasteiger partial charge in [-0.25, -0.2) is 5.43 Å². The van der Waals surface area contributed by atoms with Crippen LogP contribution in [0.15, 0.2) is 76.4 Å². The lowest BCUT2D eigenvalue weighted by atomic mass is 10.2. The van der Waals surface area contributed by atoms with Gasteiger partial charge in [0.05, 0.1) is 17.5 Å². The van der Waals surface area contributed by atoms with Crippen LogP contribution >= 0.6 is 15.9 Å². The summed E-state index contributed by atoms with van der Waals surface area (Å²) < 4.78 is 2.74. The topological polar surface area (TPSA) is 49.6 Å². The van der Waals surface area contributed by atoms with Crippen LogP contribution < -0.4 is 10.3 Å². The molecule has 3 rings (SSSR count). The van der Waals surface area contributed by atoms with E-state index in [0.717, 1.165) is 21.5 Å². The highest BCUT2D eigenvalue weighted by Gasteiger charge is 2.08. The molecule has 26 heavy (non-hydrogen) atoms. The molecule has 1 aromatic heterocycles. The Hall–Kier alpha value is -2.86. The monoisotopic (exact) mass is 410 g/mol. The predicted molar refractivity (Wildman–Crippen MR) is 109 cm³/mol. The van der Waals surface area contributed by atoms with Crippen molar-refractivity contribution >= 4 is 33.7 Å². The van der Waals surface area contributed by atoms with Crippen molar-refractivity contribution in [1.82, 2.24) is 9.99 Å². The highest BCUT2D eigenvalue weighted by Crippen LogP contribution is 2.17. The van der Waals surface area contributed by atoms with Crippen molar-refractivity contribution in [3.8, 4) is 5.69 Å². The Morgan fingerprint density at radius 3 is 2.50 bits per heavy atom. The first-order valence-corrected chi connectivity index (χ1v) is 8.88. The van der Waals surface area contributed by atoms with Gasteiger partial charge in [0.15, 0.2) is 0 Å². The second kappa shape index (κ2) is 8.01. The van der Waals surface area contributed by atoms with E-state index in [9.17, 15) is 4.79 Å². The fraction of sp³-hybridized carbons (Fsp3) is 0.100. The van der Waals surface area contributed by atoms with E-state index in [4.69, 9.17) is 0 Å². The molecule has 1 amide bonds. The van der Waals surface area contributed by atoms with Crippen LogP contribution in [0.5, 0.6) is 0 Å². The fourth-order valence-electron chi connectivity index (χ4n) is 2.51. The lowest BCUT2D eigenvalue weighted by molar-refractivity contribution is 0.0954. The van der Waals surface area contributed by atoms with Crippen LogP contribution in [0.3, 0.4) is 0 Å². The minimum atomic E-state index is -0.262. The molecule has 0 saturated carbocycles. The van der Waals surface area contributed by atoms with Gasteiger partial charge in [-0.1, -0.05) is 12.1 Å². The Kier molecular flexibility index (Phi) is 5.53. The minimum absolute atomic E-state index is 0.262. The number of benzene rings is 2.